The quantitative estimate of drug-likeness (QED) is 0.818. The van der Waals surface area contributed by atoms with Gasteiger partial charge < -0.3 is 14.8 Å². The summed E-state index contributed by atoms with van der Waals surface area (Å²) in [5.41, 5.74) is 1.20. The first kappa shape index (κ1) is 18.0. The van der Waals surface area contributed by atoms with Crippen LogP contribution in [0.25, 0.3) is 0 Å². The van der Waals surface area contributed by atoms with E-state index in [0.29, 0.717) is 11.3 Å². The van der Waals surface area contributed by atoms with Crippen molar-refractivity contribution >= 4 is 17.6 Å². The van der Waals surface area contributed by atoms with Gasteiger partial charge in [0.2, 0.25) is 0 Å². The van der Waals surface area contributed by atoms with Crippen LogP contribution in [-0.4, -0.2) is 24.6 Å². The molecule has 128 valence electrons. The highest BCUT2D eigenvalue weighted by Gasteiger charge is 2.19. The van der Waals surface area contributed by atoms with Crippen molar-refractivity contribution in [2.75, 3.05) is 11.9 Å². The van der Waals surface area contributed by atoms with E-state index in [1.807, 2.05) is 6.07 Å². The lowest BCUT2D eigenvalue weighted by Crippen LogP contribution is -2.30. The molecule has 0 bridgehead atoms. The van der Waals surface area contributed by atoms with Gasteiger partial charge in [-0.2, -0.15) is 5.26 Å². The van der Waals surface area contributed by atoms with Gasteiger partial charge in [0.15, 0.2) is 6.10 Å². The van der Waals surface area contributed by atoms with Crippen LogP contribution < -0.4 is 10.1 Å². The molecule has 1 N–H and O–H groups in total. The Morgan fingerprint density at radius 2 is 1.96 bits per heavy atom. The first-order chi connectivity index (χ1) is 12.0. The van der Waals surface area contributed by atoms with E-state index >= 15 is 0 Å². The summed E-state index contributed by atoms with van der Waals surface area (Å²) in [6.07, 6.45) is -0.846. The molecule has 0 radical (unpaired) electrons. The van der Waals surface area contributed by atoms with Crippen LogP contribution in [0.2, 0.25) is 0 Å². The number of esters is 1. The lowest BCUT2D eigenvalue weighted by atomic mass is 10.2. The van der Waals surface area contributed by atoms with Crippen LogP contribution in [0.15, 0.2) is 48.5 Å². The fourth-order valence-electron chi connectivity index (χ4n) is 2.10. The standard InChI is InChI=1S/C19H18N2O4/c1-3-24-19(23)16-9-4-5-10-17(16)25-13(2)18(22)21-15-8-6-7-14(11-15)12-20/h4-11,13H,3H2,1-2H3,(H,21,22)/t13-/m0/s1. The molecule has 0 heterocycles. The zero-order valence-corrected chi connectivity index (χ0v) is 14.0. The van der Waals surface area contributed by atoms with E-state index in [2.05, 4.69) is 5.32 Å². The molecule has 6 nitrogen and oxygen atoms in total. The number of para-hydroxylation sites is 1. The molecule has 0 unspecified atom stereocenters. The summed E-state index contributed by atoms with van der Waals surface area (Å²) < 4.78 is 10.6. The topological polar surface area (TPSA) is 88.4 Å². The summed E-state index contributed by atoms with van der Waals surface area (Å²) in [7, 11) is 0. The maximum atomic E-state index is 12.3. The van der Waals surface area contributed by atoms with Crippen molar-refractivity contribution in [3.8, 4) is 11.8 Å². The van der Waals surface area contributed by atoms with Gasteiger partial charge in [-0.3, -0.25) is 4.79 Å². The Hall–Kier alpha value is -3.33. The number of carbonyl (C=O) groups excluding carboxylic acids is 2. The summed E-state index contributed by atoms with van der Waals surface area (Å²) >= 11 is 0. The van der Waals surface area contributed by atoms with E-state index in [9.17, 15) is 9.59 Å². The molecule has 1 atom stereocenters. The first-order valence-electron chi connectivity index (χ1n) is 7.79. The molecule has 0 spiro atoms. The number of nitriles is 1. The third kappa shape index (κ3) is 4.82. The normalized spacial score (nSPS) is 11.1. The van der Waals surface area contributed by atoms with Crippen LogP contribution in [0.5, 0.6) is 5.75 Å². The number of nitrogens with zero attached hydrogens (tertiary/aromatic N) is 1. The second-order valence-electron chi connectivity index (χ2n) is 5.16. The average Bonchev–Trinajstić information content (AvgIpc) is 2.62. The van der Waals surface area contributed by atoms with Gasteiger partial charge in [0.25, 0.3) is 5.91 Å². The number of amides is 1. The second-order valence-corrected chi connectivity index (χ2v) is 5.16. The number of ether oxygens (including phenoxy) is 2. The minimum absolute atomic E-state index is 0.248. The van der Waals surface area contributed by atoms with Crippen LogP contribution in [0, 0.1) is 11.3 Å². The molecule has 0 aliphatic rings. The van der Waals surface area contributed by atoms with Crippen LogP contribution in [0.4, 0.5) is 5.69 Å². The molecular formula is C19H18N2O4. The molecule has 0 aliphatic heterocycles. The van der Waals surface area contributed by atoms with E-state index in [0.717, 1.165) is 0 Å². The first-order valence-corrected chi connectivity index (χ1v) is 7.79. The Bertz CT molecular complexity index is 811. The summed E-state index contributed by atoms with van der Waals surface area (Å²) in [6.45, 7) is 3.54. The Morgan fingerprint density at radius 1 is 1.20 bits per heavy atom. The molecule has 2 aromatic carbocycles. The number of anilines is 1. The van der Waals surface area contributed by atoms with Crippen molar-refractivity contribution in [2.45, 2.75) is 20.0 Å². The maximum absolute atomic E-state index is 12.3. The molecule has 0 aromatic heterocycles. The largest absolute Gasteiger partial charge is 0.480 e. The molecule has 1 amide bonds. The van der Waals surface area contributed by atoms with E-state index < -0.39 is 18.0 Å². The van der Waals surface area contributed by atoms with Crippen molar-refractivity contribution in [2.24, 2.45) is 0 Å². The van der Waals surface area contributed by atoms with Crippen molar-refractivity contribution < 1.29 is 19.1 Å². The Balaban J connectivity index is 2.09. The summed E-state index contributed by atoms with van der Waals surface area (Å²) in [5.74, 6) is -0.629. The highest BCUT2D eigenvalue weighted by atomic mass is 16.5. The van der Waals surface area contributed by atoms with E-state index in [1.54, 1.807) is 62.4 Å². The zero-order chi connectivity index (χ0) is 18.2. The molecule has 0 fully saturated rings. The van der Waals surface area contributed by atoms with Crippen LogP contribution >= 0.6 is 0 Å². The minimum atomic E-state index is -0.846. The van der Waals surface area contributed by atoms with Gasteiger partial charge in [-0.1, -0.05) is 18.2 Å². The number of nitrogens with one attached hydrogen (secondary N) is 1. The number of carbonyl (C=O) groups is 2. The number of hydrogen-bond acceptors (Lipinski definition) is 5. The SMILES string of the molecule is CCOC(=O)c1ccccc1O[C@@H](C)C(=O)Nc1cccc(C#N)c1. The van der Waals surface area contributed by atoms with Gasteiger partial charge in [0.05, 0.1) is 18.2 Å². The fraction of sp³-hybridized carbons (Fsp3) is 0.211. The predicted octanol–water partition coefficient (Wildman–Crippen LogP) is 3.14. The third-order valence-corrected chi connectivity index (χ3v) is 3.31. The Morgan fingerprint density at radius 3 is 2.68 bits per heavy atom. The van der Waals surface area contributed by atoms with E-state index in [1.165, 1.54) is 0 Å². The second kappa shape index (κ2) is 8.50. The van der Waals surface area contributed by atoms with Crippen LogP contribution in [0.1, 0.15) is 29.8 Å². The van der Waals surface area contributed by atoms with Gasteiger partial charge in [0.1, 0.15) is 11.3 Å². The average molecular weight is 338 g/mol. The van der Waals surface area contributed by atoms with Crippen molar-refractivity contribution in [3.05, 3.63) is 59.7 Å². The molecular weight excluding hydrogens is 320 g/mol. The summed E-state index contributed by atoms with van der Waals surface area (Å²) in [5, 5.41) is 11.6. The van der Waals surface area contributed by atoms with Crippen molar-refractivity contribution in [1.82, 2.24) is 0 Å². The Labute approximate surface area is 146 Å². The smallest absolute Gasteiger partial charge is 0.341 e. The van der Waals surface area contributed by atoms with Gasteiger partial charge >= 0.3 is 5.97 Å². The highest BCUT2D eigenvalue weighted by molar-refractivity contribution is 5.95. The fourth-order valence-corrected chi connectivity index (χ4v) is 2.10. The summed E-state index contributed by atoms with van der Waals surface area (Å²) in [4.78, 5) is 24.2. The number of hydrogen-bond donors (Lipinski definition) is 1. The zero-order valence-electron chi connectivity index (χ0n) is 14.0. The molecule has 0 saturated heterocycles. The molecule has 25 heavy (non-hydrogen) atoms. The highest BCUT2D eigenvalue weighted by Crippen LogP contribution is 2.21. The Kier molecular flexibility index (Phi) is 6.13. The maximum Gasteiger partial charge on any atom is 0.341 e. The van der Waals surface area contributed by atoms with Crippen molar-refractivity contribution in [3.63, 3.8) is 0 Å². The van der Waals surface area contributed by atoms with Gasteiger partial charge in [-0.15, -0.1) is 0 Å². The molecule has 2 aromatic rings. The van der Waals surface area contributed by atoms with Crippen molar-refractivity contribution in [1.29, 1.82) is 5.26 Å². The van der Waals surface area contributed by atoms with Gasteiger partial charge in [-0.25, -0.2) is 4.79 Å². The predicted molar refractivity (Wildman–Crippen MR) is 92.3 cm³/mol. The monoisotopic (exact) mass is 338 g/mol. The minimum Gasteiger partial charge on any atom is -0.480 e. The molecule has 0 saturated carbocycles. The molecule has 0 aliphatic carbocycles. The van der Waals surface area contributed by atoms with E-state index in [-0.39, 0.29) is 17.9 Å². The van der Waals surface area contributed by atoms with E-state index in [4.69, 9.17) is 14.7 Å². The number of benzene rings is 2. The number of rotatable bonds is 6. The van der Waals surface area contributed by atoms with Gasteiger partial charge in [0, 0.05) is 5.69 Å². The molecule has 2 rings (SSSR count). The third-order valence-electron chi connectivity index (χ3n) is 3.31. The van der Waals surface area contributed by atoms with Crippen LogP contribution in [0.3, 0.4) is 0 Å². The van der Waals surface area contributed by atoms with Crippen LogP contribution in [-0.2, 0) is 9.53 Å². The van der Waals surface area contributed by atoms with Gasteiger partial charge in [-0.05, 0) is 44.2 Å². The lowest BCUT2D eigenvalue weighted by Gasteiger charge is -2.16. The molecule has 6 heteroatoms. The summed E-state index contributed by atoms with van der Waals surface area (Å²) in [6, 6.07) is 15.2. The lowest BCUT2D eigenvalue weighted by molar-refractivity contribution is -0.122.